The van der Waals surface area contributed by atoms with Crippen LogP contribution in [0.4, 0.5) is 13.2 Å². The summed E-state index contributed by atoms with van der Waals surface area (Å²) < 4.78 is 42.6. The van der Waals surface area contributed by atoms with E-state index in [2.05, 4.69) is 11.8 Å². The Labute approximate surface area is 122 Å². The highest BCUT2D eigenvalue weighted by molar-refractivity contribution is 5.45. The number of hydrogen-bond acceptors (Lipinski definition) is 3. The lowest BCUT2D eigenvalue weighted by molar-refractivity contribution is -0.146. The van der Waals surface area contributed by atoms with Crippen LogP contribution in [0.2, 0.25) is 0 Å². The normalized spacial score (nSPS) is 11.2. The second kappa shape index (κ2) is 7.91. The molecular weight excluding hydrogens is 283 g/mol. The van der Waals surface area contributed by atoms with Gasteiger partial charge in [0.25, 0.3) is 0 Å². The number of methoxy groups -OCH3 is 1. The number of aliphatic hydroxyl groups excluding tert-OH is 1. The molecule has 0 heterocycles. The van der Waals surface area contributed by atoms with Gasteiger partial charge in [-0.05, 0) is 30.3 Å². The lowest BCUT2D eigenvalue weighted by Crippen LogP contribution is -2.33. The summed E-state index contributed by atoms with van der Waals surface area (Å²) in [5.74, 6) is 5.81. The Morgan fingerprint density at radius 2 is 2.05 bits per heavy atom. The second-order valence-corrected chi connectivity index (χ2v) is 4.40. The molecule has 1 N–H and O–H groups in total. The molecule has 6 heteroatoms. The third-order valence-electron chi connectivity index (χ3n) is 2.86. The van der Waals surface area contributed by atoms with Crippen LogP contribution in [0.25, 0.3) is 0 Å². The van der Waals surface area contributed by atoms with Crippen molar-refractivity contribution < 1.29 is 23.0 Å². The molecule has 0 aliphatic rings. The minimum atomic E-state index is -4.24. The van der Waals surface area contributed by atoms with Crippen LogP contribution in [-0.2, 0) is 6.54 Å². The summed E-state index contributed by atoms with van der Waals surface area (Å²) in [6.45, 7) is 0.774. The molecule has 0 saturated carbocycles. The first-order valence-corrected chi connectivity index (χ1v) is 6.45. The zero-order chi connectivity index (χ0) is 15.9. The smallest absolute Gasteiger partial charge is 0.401 e. The first-order chi connectivity index (χ1) is 9.89. The van der Waals surface area contributed by atoms with E-state index in [0.717, 1.165) is 0 Å². The Hall–Kier alpha value is -1.71. The number of halogens is 3. The number of rotatable bonds is 5. The number of hydrogen-bond donors (Lipinski definition) is 1. The van der Waals surface area contributed by atoms with Crippen molar-refractivity contribution in [2.24, 2.45) is 0 Å². The standard InChI is InChI=1S/C15H18F3NO2/c1-3-19(11-15(16,17)18)10-13-9-14(21-2)7-6-12(13)5-4-8-20/h6-7,9,20H,3,8,10-11H2,1-2H3. The predicted octanol–water partition coefficient (Wildman–Crippen LogP) is 2.42. The Morgan fingerprint density at radius 3 is 2.57 bits per heavy atom. The second-order valence-electron chi connectivity index (χ2n) is 4.40. The van der Waals surface area contributed by atoms with E-state index in [9.17, 15) is 13.2 Å². The monoisotopic (exact) mass is 301 g/mol. The number of aliphatic hydroxyl groups is 1. The molecule has 0 aliphatic heterocycles. The van der Waals surface area contributed by atoms with Gasteiger partial charge in [0.1, 0.15) is 12.4 Å². The largest absolute Gasteiger partial charge is 0.497 e. The summed E-state index contributed by atoms with van der Waals surface area (Å²) in [6.07, 6.45) is -4.24. The molecular formula is C15H18F3NO2. The SMILES string of the molecule is CCN(Cc1cc(OC)ccc1C#CCO)CC(F)(F)F. The zero-order valence-corrected chi connectivity index (χ0v) is 12.0. The van der Waals surface area contributed by atoms with Gasteiger partial charge in [-0.15, -0.1) is 0 Å². The number of nitrogens with zero attached hydrogens (tertiary/aromatic N) is 1. The Kier molecular flexibility index (Phi) is 6.53. The Balaban J connectivity index is 3.02. The van der Waals surface area contributed by atoms with Crippen LogP contribution in [0.15, 0.2) is 18.2 Å². The van der Waals surface area contributed by atoms with Gasteiger partial charge in [0.15, 0.2) is 0 Å². The fourth-order valence-corrected chi connectivity index (χ4v) is 1.86. The van der Waals surface area contributed by atoms with E-state index in [1.807, 2.05) is 0 Å². The van der Waals surface area contributed by atoms with E-state index >= 15 is 0 Å². The van der Waals surface area contributed by atoms with E-state index in [1.165, 1.54) is 12.0 Å². The maximum atomic E-state index is 12.5. The predicted molar refractivity (Wildman–Crippen MR) is 74.0 cm³/mol. The lowest BCUT2D eigenvalue weighted by Gasteiger charge is -2.22. The van der Waals surface area contributed by atoms with Gasteiger partial charge in [-0.3, -0.25) is 4.90 Å². The maximum absolute atomic E-state index is 12.5. The Morgan fingerprint density at radius 1 is 1.33 bits per heavy atom. The summed E-state index contributed by atoms with van der Waals surface area (Å²) in [5.41, 5.74) is 1.23. The van der Waals surface area contributed by atoms with Crippen LogP contribution in [0, 0.1) is 11.8 Å². The Bertz CT molecular complexity index is 518. The zero-order valence-electron chi connectivity index (χ0n) is 12.0. The average molecular weight is 301 g/mol. The van der Waals surface area contributed by atoms with Gasteiger partial charge in [-0.25, -0.2) is 0 Å². The first kappa shape index (κ1) is 17.3. The summed E-state index contributed by atoms with van der Waals surface area (Å²) in [4.78, 5) is 1.28. The van der Waals surface area contributed by atoms with Gasteiger partial charge in [-0.1, -0.05) is 18.8 Å². The van der Waals surface area contributed by atoms with Crippen LogP contribution < -0.4 is 4.74 Å². The molecule has 0 aliphatic carbocycles. The van der Waals surface area contributed by atoms with Crippen LogP contribution in [0.5, 0.6) is 5.75 Å². The molecule has 0 bridgehead atoms. The fourth-order valence-electron chi connectivity index (χ4n) is 1.86. The van der Waals surface area contributed by atoms with Crippen molar-refractivity contribution in [2.75, 3.05) is 26.8 Å². The number of benzene rings is 1. The summed E-state index contributed by atoms with van der Waals surface area (Å²) in [7, 11) is 1.49. The van der Waals surface area contributed by atoms with Gasteiger partial charge in [-0.2, -0.15) is 13.2 Å². The van der Waals surface area contributed by atoms with Gasteiger partial charge >= 0.3 is 6.18 Å². The van der Waals surface area contributed by atoms with E-state index < -0.39 is 12.7 Å². The molecule has 0 fully saturated rings. The first-order valence-electron chi connectivity index (χ1n) is 6.45. The molecule has 1 rings (SSSR count). The van der Waals surface area contributed by atoms with E-state index in [-0.39, 0.29) is 19.7 Å². The van der Waals surface area contributed by atoms with Crippen LogP contribution in [0.1, 0.15) is 18.1 Å². The van der Waals surface area contributed by atoms with Crippen molar-refractivity contribution in [3.05, 3.63) is 29.3 Å². The van der Waals surface area contributed by atoms with Gasteiger partial charge in [0, 0.05) is 12.1 Å². The van der Waals surface area contributed by atoms with Gasteiger partial charge in [0.05, 0.1) is 13.7 Å². The molecule has 1 aromatic carbocycles. The molecule has 0 atom stereocenters. The molecule has 21 heavy (non-hydrogen) atoms. The molecule has 0 saturated heterocycles. The number of alkyl halides is 3. The van der Waals surface area contributed by atoms with E-state index in [0.29, 0.717) is 16.9 Å². The minimum Gasteiger partial charge on any atom is -0.497 e. The molecule has 0 unspecified atom stereocenters. The molecule has 0 amide bonds. The van der Waals surface area contributed by atoms with Crippen LogP contribution in [-0.4, -0.2) is 43.0 Å². The fraction of sp³-hybridized carbons (Fsp3) is 0.467. The quantitative estimate of drug-likeness (QED) is 0.848. The van der Waals surface area contributed by atoms with Crippen molar-refractivity contribution in [1.29, 1.82) is 0 Å². The van der Waals surface area contributed by atoms with Crippen molar-refractivity contribution >= 4 is 0 Å². The molecule has 0 spiro atoms. The summed E-state index contributed by atoms with van der Waals surface area (Å²) in [6, 6.07) is 5.03. The van der Waals surface area contributed by atoms with Crippen LogP contribution in [0.3, 0.4) is 0 Å². The highest BCUT2D eigenvalue weighted by atomic mass is 19.4. The van der Waals surface area contributed by atoms with E-state index in [1.54, 1.807) is 25.1 Å². The molecule has 3 nitrogen and oxygen atoms in total. The molecule has 116 valence electrons. The third-order valence-corrected chi connectivity index (χ3v) is 2.86. The minimum absolute atomic E-state index is 0.114. The highest BCUT2D eigenvalue weighted by Crippen LogP contribution is 2.22. The van der Waals surface area contributed by atoms with E-state index in [4.69, 9.17) is 9.84 Å². The summed E-state index contributed by atoms with van der Waals surface area (Å²) in [5, 5.41) is 8.74. The van der Waals surface area contributed by atoms with Crippen LogP contribution >= 0.6 is 0 Å². The summed E-state index contributed by atoms with van der Waals surface area (Å²) >= 11 is 0. The van der Waals surface area contributed by atoms with Crippen molar-refractivity contribution in [3.63, 3.8) is 0 Å². The molecule has 0 radical (unpaired) electrons. The number of ether oxygens (including phenoxy) is 1. The highest BCUT2D eigenvalue weighted by Gasteiger charge is 2.30. The maximum Gasteiger partial charge on any atom is 0.401 e. The molecule has 0 aromatic heterocycles. The van der Waals surface area contributed by atoms with Crippen molar-refractivity contribution in [3.8, 4) is 17.6 Å². The van der Waals surface area contributed by atoms with Gasteiger partial charge in [0.2, 0.25) is 0 Å². The van der Waals surface area contributed by atoms with Crippen molar-refractivity contribution in [2.45, 2.75) is 19.6 Å². The average Bonchev–Trinajstić information content (AvgIpc) is 2.43. The topological polar surface area (TPSA) is 32.7 Å². The molecule has 1 aromatic rings. The van der Waals surface area contributed by atoms with Crippen molar-refractivity contribution in [1.82, 2.24) is 4.90 Å². The third kappa shape index (κ3) is 6.06. The lowest BCUT2D eigenvalue weighted by atomic mass is 10.1. The van der Waals surface area contributed by atoms with Gasteiger partial charge < -0.3 is 9.84 Å².